The molecule has 3 heterocycles. The van der Waals surface area contributed by atoms with Crippen LogP contribution in [-0.2, 0) is 12.8 Å². The summed E-state index contributed by atoms with van der Waals surface area (Å²) in [6.07, 6.45) is 17.3. The van der Waals surface area contributed by atoms with Gasteiger partial charge in [-0.3, -0.25) is 0 Å². The molecular weight excluding hydrogens is 681 g/mol. The topological polar surface area (TPSA) is 73.4 Å². The number of nitriles is 2. The van der Waals surface area contributed by atoms with Gasteiger partial charge in [-0.15, -0.1) is 22.7 Å². The van der Waals surface area contributed by atoms with Crippen molar-refractivity contribution in [3.8, 4) is 53.9 Å². The minimum absolute atomic E-state index is 0.685. The standard InChI is InChI=1S/C44H46N4S3/c1-3-5-7-9-11-13-15-35-27-39(49-43(35)33-21-17-31(29-45)18-22-33)37-25-26-38(42-41(37)47-51-48-42)40-28-36(16-14-12-10-8-6-4-2)44(50-40)34-23-19-32(30-46)20-24-34/h17-28H,3-16H2,1-2H3. The number of aromatic nitrogens is 2. The van der Waals surface area contributed by atoms with Gasteiger partial charge in [0.2, 0.25) is 0 Å². The van der Waals surface area contributed by atoms with Crippen LogP contribution < -0.4 is 0 Å². The Kier molecular flexibility index (Phi) is 13.2. The van der Waals surface area contributed by atoms with Crippen LogP contribution in [0.5, 0.6) is 0 Å². The molecule has 0 saturated carbocycles. The maximum atomic E-state index is 9.40. The van der Waals surface area contributed by atoms with Gasteiger partial charge in [0.05, 0.1) is 35.0 Å². The van der Waals surface area contributed by atoms with Crippen LogP contribution >= 0.6 is 34.4 Å². The summed E-state index contributed by atoms with van der Waals surface area (Å²) >= 11 is 4.94. The number of aryl methyl sites for hydroxylation is 2. The molecule has 0 aliphatic rings. The highest BCUT2D eigenvalue weighted by molar-refractivity contribution is 7.19. The average molecular weight is 727 g/mol. The van der Waals surface area contributed by atoms with Crippen molar-refractivity contribution in [3.63, 3.8) is 0 Å². The predicted octanol–water partition coefficient (Wildman–Crippen LogP) is 14.0. The van der Waals surface area contributed by atoms with Crippen LogP contribution in [-0.4, -0.2) is 8.75 Å². The molecule has 0 aliphatic carbocycles. The minimum Gasteiger partial charge on any atom is -0.192 e. The Balaban J connectivity index is 1.33. The molecule has 0 aliphatic heterocycles. The van der Waals surface area contributed by atoms with Crippen molar-refractivity contribution in [2.24, 2.45) is 0 Å². The fraction of sp³-hybridized carbons (Fsp3) is 0.364. The molecule has 6 rings (SSSR count). The lowest BCUT2D eigenvalue weighted by Gasteiger charge is -2.05. The summed E-state index contributed by atoms with van der Waals surface area (Å²) in [7, 11) is 0. The summed E-state index contributed by atoms with van der Waals surface area (Å²) in [5.74, 6) is 0. The first kappa shape index (κ1) is 36.6. The van der Waals surface area contributed by atoms with Crippen molar-refractivity contribution < 1.29 is 0 Å². The van der Waals surface area contributed by atoms with Crippen molar-refractivity contribution in [1.29, 1.82) is 10.5 Å². The van der Waals surface area contributed by atoms with Crippen LogP contribution in [0.15, 0.2) is 72.8 Å². The molecule has 4 nitrogen and oxygen atoms in total. The van der Waals surface area contributed by atoms with E-state index < -0.39 is 0 Å². The minimum atomic E-state index is 0.685. The third kappa shape index (κ3) is 9.03. The van der Waals surface area contributed by atoms with E-state index in [0.717, 1.165) is 35.0 Å². The van der Waals surface area contributed by atoms with Crippen LogP contribution in [0.1, 0.15) is 113 Å². The SMILES string of the molecule is CCCCCCCCc1cc(-c2ccc(-c3cc(CCCCCCCC)c(-c4ccc(C#N)cc4)s3)c3nsnc23)sc1-c1ccc(C#N)cc1. The predicted molar refractivity (Wildman–Crippen MR) is 219 cm³/mol. The van der Waals surface area contributed by atoms with Gasteiger partial charge in [0.15, 0.2) is 0 Å². The van der Waals surface area contributed by atoms with E-state index in [1.807, 2.05) is 46.9 Å². The second-order valence-corrected chi connectivity index (χ2v) is 16.1. The van der Waals surface area contributed by atoms with Crippen molar-refractivity contribution in [1.82, 2.24) is 8.75 Å². The summed E-state index contributed by atoms with van der Waals surface area (Å²) in [6, 6.07) is 29.8. The first-order valence-corrected chi connectivity index (χ1v) is 21.0. The van der Waals surface area contributed by atoms with Gasteiger partial charge in [-0.2, -0.15) is 19.3 Å². The van der Waals surface area contributed by atoms with E-state index in [2.05, 4.69) is 74.5 Å². The maximum Gasteiger partial charge on any atom is 0.114 e. The van der Waals surface area contributed by atoms with Crippen molar-refractivity contribution in [3.05, 3.63) is 95.1 Å². The molecule has 51 heavy (non-hydrogen) atoms. The van der Waals surface area contributed by atoms with Crippen LogP contribution in [0.25, 0.3) is 52.8 Å². The van der Waals surface area contributed by atoms with Crippen molar-refractivity contribution in [2.75, 3.05) is 0 Å². The highest BCUT2D eigenvalue weighted by Gasteiger charge is 2.20. The van der Waals surface area contributed by atoms with E-state index in [1.165, 1.54) is 131 Å². The van der Waals surface area contributed by atoms with E-state index in [9.17, 15) is 10.5 Å². The summed E-state index contributed by atoms with van der Waals surface area (Å²) in [4.78, 5) is 5.00. The van der Waals surface area contributed by atoms with Crippen LogP contribution in [0, 0.1) is 22.7 Å². The summed E-state index contributed by atoms with van der Waals surface area (Å²) in [5, 5.41) is 18.8. The monoisotopic (exact) mass is 726 g/mol. The number of hydrogen-bond donors (Lipinski definition) is 0. The van der Waals surface area contributed by atoms with Gasteiger partial charge in [0.25, 0.3) is 0 Å². The molecule has 260 valence electrons. The fourth-order valence-electron chi connectivity index (χ4n) is 6.83. The van der Waals surface area contributed by atoms with Gasteiger partial charge >= 0.3 is 0 Å². The Hall–Kier alpha value is -4.14. The Bertz CT molecular complexity index is 1950. The first-order chi connectivity index (χ1) is 25.1. The van der Waals surface area contributed by atoms with Gasteiger partial charge in [-0.25, -0.2) is 0 Å². The molecular formula is C44H46N4S3. The third-order valence-electron chi connectivity index (χ3n) is 9.72. The van der Waals surface area contributed by atoms with E-state index in [4.69, 9.17) is 8.75 Å². The largest absolute Gasteiger partial charge is 0.192 e. The maximum absolute atomic E-state index is 9.40. The highest BCUT2D eigenvalue weighted by atomic mass is 32.1. The lowest BCUT2D eigenvalue weighted by atomic mass is 9.99. The first-order valence-electron chi connectivity index (χ1n) is 18.7. The lowest BCUT2D eigenvalue weighted by molar-refractivity contribution is 0.608. The molecule has 3 aromatic heterocycles. The molecule has 0 amide bonds. The molecule has 0 bridgehead atoms. The fourth-order valence-corrected chi connectivity index (χ4v) is 9.89. The number of thiophene rings is 2. The number of fused-ring (bicyclic) bond motifs is 1. The summed E-state index contributed by atoms with van der Waals surface area (Å²) in [6.45, 7) is 4.53. The molecule has 0 radical (unpaired) electrons. The van der Waals surface area contributed by atoms with Crippen molar-refractivity contribution in [2.45, 2.75) is 104 Å². The molecule has 3 aromatic carbocycles. The number of hydrogen-bond acceptors (Lipinski definition) is 7. The zero-order chi connectivity index (χ0) is 35.4. The second kappa shape index (κ2) is 18.4. The van der Waals surface area contributed by atoms with Gasteiger partial charge < -0.3 is 0 Å². The van der Waals surface area contributed by atoms with E-state index in [0.29, 0.717) is 11.1 Å². The van der Waals surface area contributed by atoms with Gasteiger partial charge in [-0.1, -0.05) is 114 Å². The van der Waals surface area contributed by atoms with Gasteiger partial charge in [0, 0.05) is 30.6 Å². The normalized spacial score (nSPS) is 11.2. The zero-order valence-corrected chi connectivity index (χ0v) is 32.3. The van der Waals surface area contributed by atoms with Crippen LogP contribution in [0.2, 0.25) is 0 Å². The van der Waals surface area contributed by atoms with Crippen LogP contribution in [0.4, 0.5) is 0 Å². The highest BCUT2D eigenvalue weighted by Crippen LogP contribution is 2.45. The Morgan fingerprint density at radius 3 is 1.29 bits per heavy atom. The van der Waals surface area contributed by atoms with E-state index in [1.54, 1.807) is 0 Å². The molecule has 0 atom stereocenters. The number of benzene rings is 3. The van der Waals surface area contributed by atoms with E-state index >= 15 is 0 Å². The molecule has 0 N–H and O–H groups in total. The molecule has 0 unspecified atom stereocenters. The third-order valence-corrected chi connectivity index (χ3v) is 12.8. The summed E-state index contributed by atoms with van der Waals surface area (Å²) in [5.41, 5.74) is 10.6. The molecule has 0 saturated heterocycles. The molecule has 6 aromatic rings. The molecule has 0 spiro atoms. The smallest absolute Gasteiger partial charge is 0.114 e. The Morgan fingerprint density at radius 2 is 0.902 bits per heavy atom. The summed E-state index contributed by atoms with van der Waals surface area (Å²) < 4.78 is 9.77. The van der Waals surface area contributed by atoms with Crippen LogP contribution in [0.3, 0.4) is 0 Å². The van der Waals surface area contributed by atoms with Gasteiger partial charge in [-0.05, 0) is 84.3 Å². The quantitative estimate of drug-likeness (QED) is 0.0827. The number of unbranched alkanes of at least 4 members (excludes halogenated alkanes) is 10. The second-order valence-electron chi connectivity index (χ2n) is 13.5. The Labute approximate surface area is 315 Å². The lowest BCUT2D eigenvalue weighted by Crippen LogP contribution is -1.87. The van der Waals surface area contributed by atoms with Gasteiger partial charge in [0.1, 0.15) is 11.0 Å². The molecule has 7 heteroatoms. The van der Waals surface area contributed by atoms with Crippen molar-refractivity contribution >= 4 is 45.4 Å². The number of rotatable bonds is 18. The average Bonchev–Trinajstić information content (AvgIpc) is 3.94. The number of nitrogens with zero attached hydrogens (tertiary/aromatic N) is 4. The Morgan fingerprint density at radius 1 is 0.510 bits per heavy atom. The molecule has 0 fully saturated rings. The van der Waals surface area contributed by atoms with E-state index in [-0.39, 0.29) is 0 Å². The zero-order valence-electron chi connectivity index (χ0n) is 29.8.